The molecule has 0 heterocycles. The molecule has 1 N–H and O–H groups in total. The molecule has 2 heteroatoms. The van der Waals surface area contributed by atoms with Gasteiger partial charge in [-0.2, -0.15) is 5.26 Å². The molecule has 0 aliphatic rings. The van der Waals surface area contributed by atoms with Crippen LogP contribution in [0.25, 0.3) is 0 Å². The fraction of sp³-hybridized carbons (Fsp3) is 0.462. The Morgan fingerprint density at radius 1 is 1.20 bits per heavy atom. The first-order chi connectivity index (χ1) is 6.79. The van der Waals surface area contributed by atoms with Gasteiger partial charge in [0.1, 0.15) is 0 Å². The van der Waals surface area contributed by atoms with Gasteiger partial charge >= 0.3 is 0 Å². The lowest BCUT2D eigenvalue weighted by Gasteiger charge is -2.37. The van der Waals surface area contributed by atoms with Gasteiger partial charge in [0, 0.05) is 0 Å². The first-order valence-corrected chi connectivity index (χ1v) is 5.02. The largest absolute Gasteiger partial charge is 0.385 e. The highest BCUT2D eigenvalue weighted by Gasteiger charge is 2.36. The van der Waals surface area contributed by atoms with Crippen LogP contribution in [-0.4, -0.2) is 5.11 Å². The predicted octanol–water partition coefficient (Wildman–Crippen LogP) is 2.81. The molecule has 0 amide bonds. The smallest absolute Gasteiger partial charge is 0.0991 e. The number of hydrogen-bond acceptors (Lipinski definition) is 2. The monoisotopic (exact) mass is 203 g/mol. The van der Waals surface area contributed by atoms with Crippen molar-refractivity contribution in [1.29, 1.82) is 5.26 Å². The van der Waals surface area contributed by atoms with Gasteiger partial charge in [-0.25, -0.2) is 0 Å². The van der Waals surface area contributed by atoms with E-state index in [9.17, 15) is 5.11 Å². The van der Waals surface area contributed by atoms with E-state index in [2.05, 4.69) is 6.07 Å². The Labute approximate surface area is 91.2 Å². The van der Waals surface area contributed by atoms with E-state index in [0.29, 0.717) is 5.56 Å². The number of nitrogens with zero attached hydrogens (tertiary/aromatic N) is 1. The maximum absolute atomic E-state index is 10.4. The van der Waals surface area contributed by atoms with Crippen molar-refractivity contribution in [3.8, 4) is 6.07 Å². The van der Waals surface area contributed by atoms with Crippen LogP contribution in [0.3, 0.4) is 0 Å². The van der Waals surface area contributed by atoms with Crippen LogP contribution in [0.1, 0.15) is 38.8 Å². The van der Waals surface area contributed by atoms with E-state index in [-0.39, 0.29) is 5.41 Å². The fourth-order valence-electron chi connectivity index (χ4n) is 1.32. The molecule has 1 rings (SSSR count). The third-order valence-electron chi connectivity index (χ3n) is 3.01. The lowest BCUT2D eigenvalue weighted by atomic mass is 9.73. The zero-order chi connectivity index (χ0) is 11.7. The van der Waals surface area contributed by atoms with Crippen molar-refractivity contribution in [2.24, 2.45) is 5.41 Å². The van der Waals surface area contributed by atoms with E-state index in [1.54, 1.807) is 25.1 Å². The van der Waals surface area contributed by atoms with Gasteiger partial charge in [0.25, 0.3) is 0 Å². The van der Waals surface area contributed by atoms with E-state index in [1.807, 2.05) is 26.8 Å². The van der Waals surface area contributed by atoms with E-state index in [0.717, 1.165) is 5.56 Å². The molecule has 0 saturated heterocycles. The summed E-state index contributed by atoms with van der Waals surface area (Å²) in [6.45, 7) is 7.72. The Kier molecular flexibility index (Phi) is 2.88. The summed E-state index contributed by atoms with van der Waals surface area (Å²) in [5, 5.41) is 19.2. The van der Waals surface area contributed by atoms with Crippen LogP contribution in [0, 0.1) is 16.7 Å². The molecule has 80 valence electrons. The van der Waals surface area contributed by atoms with Gasteiger partial charge in [-0.05, 0) is 30.0 Å². The molecule has 1 unspecified atom stereocenters. The van der Waals surface area contributed by atoms with Gasteiger partial charge in [0.2, 0.25) is 0 Å². The highest BCUT2D eigenvalue weighted by atomic mass is 16.3. The highest BCUT2D eigenvalue weighted by molar-refractivity contribution is 5.36. The normalized spacial score (nSPS) is 15.5. The third-order valence-corrected chi connectivity index (χ3v) is 3.01. The molecule has 0 spiro atoms. The Morgan fingerprint density at radius 2 is 1.80 bits per heavy atom. The second-order valence-electron chi connectivity index (χ2n) is 5.01. The van der Waals surface area contributed by atoms with Crippen LogP contribution in [0.15, 0.2) is 24.3 Å². The second-order valence-corrected chi connectivity index (χ2v) is 5.01. The van der Waals surface area contributed by atoms with E-state index < -0.39 is 5.60 Å². The Hall–Kier alpha value is -1.33. The summed E-state index contributed by atoms with van der Waals surface area (Å²) in [4.78, 5) is 0. The molecular weight excluding hydrogens is 186 g/mol. The van der Waals surface area contributed by atoms with Crippen LogP contribution < -0.4 is 0 Å². The molecule has 1 atom stereocenters. The minimum atomic E-state index is -0.931. The lowest BCUT2D eigenvalue weighted by molar-refractivity contribution is -0.0470. The Morgan fingerprint density at radius 3 is 2.27 bits per heavy atom. The van der Waals surface area contributed by atoms with E-state index in [1.165, 1.54) is 0 Å². The van der Waals surface area contributed by atoms with Gasteiger partial charge in [0.15, 0.2) is 0 Å². The maximum Gasteiger partial charge on any atom is 0.0991 e. The predicted molar refractivity (Wildman–Crippen MR) is 60.2 cm³/mol. The molecule has 0 aliphatic heterocycles. The van der Waals surface area contributed by atoms with Crippen LogP contribution in [-0.2, 0) is 5.60 Å². The van der Waals surface area contributed by atoms with Gasteiger partial charge < -0.3 is 5.11 Å². The molecular formula is C13H17NO. The number of aliphatic hydroxyl groups is 1. The van der Waals surface area contributed by atoms with Crippen molar-refractivity contribution in [3.63, 3.8) is 0 Å². The Bertz CT molecular complexity index is 394. The third kappa shape index (κ3) is 2.19. The quantitative estimate of drug-likeness (QED) is 0.762. The molecule has 0 aliphatic carbocycles. The summed E-state index contributed by atoms with van der Waals surface area (Å²) in [7, 11) is 0. The van der Waals surface area contributed by atoms with E-state index in [4.69, 9.17) is 5.26 Å². The van der Waals surface area contributed by atoms with Gasteiger partial charge in [-0.15, -0.1) is 0 Å². The zero-order valence-corrected chi connectivity index (χ0v) is 9.70. The van der Waals surface area contributed by atoms with Crippen LogP contribution >= 0.6 is 0 Å². The zero-order valence-electron chi connectivity index (χ0n) is 9.70. The molecule has 0 fully saturated rings. The summed E-state index contributed by atoms with van der Waals surface area (Å²) in [5.74, 6) is 0. The van der Waals surface area contributed by atoms with Gasteiger partial charge in [-0.1, -0.05) is 32.9 Å². The van der Waals surface area contributed by atoms with Crippen molar-refractivity contribution in [2.45, 2.75) is 33.3 Å². The summed E-state index contributed by atoms with van der Waals surface area (Å²) in [6.07, 6.45) is 0. The fourth-order valence-corrected chi connectivity index (χ4v) is 1.32. The first-order valence-electron chi connectivity index (χ1n) is 5.02. The molecule has 1 aromatic rings. The maximum atomic E-state index is 10.4. The topological polar surface area (TPSA) is 44.0 Å². The van der Waals surface area contributed by atoms with Crippen molar-refractivity contribution in [3.05, 3.63) is 35.4 Å². The van der Waals surface area contributed by atoms with Crippen LogP contribution in [0.4, 0.5) is 0 Å². The van der Waals surface area contributed by atoms with Crippen LogP contribution in [0.2, 0.25) is 0 Å². The molecule has 2 nitrogen and oxygen atoms in total. The molecule has 0 radical (unpaired) electrons. The van der Waals surface area contributed by atoms with Gasteiger partial charge in [0.05, 0.1) is 17.2 Å². The van der Waals surface area contributed by atoms with Gasteiger partial charge in [-0.3, -0.25) is 0 Å². The number of rotatable bonds is 1. The average Bonchev–Trinajstić information content (AvgIpc) is 2.16. The van der Waals surface area contributed by atoms with Crippen molar-refractivity contribution in [2.75, 3.05) is 0 Å². The SMILES string of the molecule is CC(C)(C)C(C)(O)c1cccc(C#N)c1. The van der Waals surface area contributed by atoms with E-state index >= 15 is 0 Å². The summed E-state index contributed by atoms with van der Waals surface area (Å²) in [5.41, 5.74) is 0.173. The number of hydrogen-bond donors (Lipinski definition) is 1. The molecule has 0 bridgehead atoms. The average molecular weight is 203 g/mol. The number of benzene rings is 1. The minimum Gasteiger partial charge on any atom is -0.385 e. The van der Waals surface area contributed by atoms with Crippen molar-refractivity contribution in [1.82, 2.24) is 0 Å². The number of nitriles is 1. The summed E-state index contributed by atoms with van der Waals surface area (Å²) < 4.78 is 0. The highest BCUT2D eigenvalue weighted by Crippen LogP contribution is 2.38. The Balaban J connectivity index is 3.23. The first kappa shape index (κ1) is 11.7. The molecule has 1 aromatic carbocycles. The molecule has 0 aromatic heterocycles. The van der Waals surface area contributed by atoms with Crippen molar-refractivity contribution < 1.29 is 5.11 Å². The second kappa shape index (κ2) is 3.67. The molecule has 0 saturated carbocycles. The standard InChI is InChI=1S/C13H17NO/c1-12(2,3)13(4,15)11-7-5-6-10(8-11)9-14/h5-8,15H,1-4H3. The lowest BCUT2D eigenvalue weighted by Crippen LogP contribution is -2.36. The summed E-state index contributed by atoms with van der Waals surface area (Å²) >= 11 is 0. The van der Waals surface area contributed by atoms with Crippen molar-refractivity contribution >= 4 is 0 Å². The minimum absolute atomic E-state index is 0.263. The summed E-state index contributed by atoms with van der Waals surface area (Å²) in [6, 6.07) is 9.21. The molecule has 15 heavy (non-hydrogen) atoms. The van der Waals surface area contributed by atoms with Crippen LogP contribution in [0.5, 0.6) is 0 Å².